The van der Waals surface area contributed by atoms with Crippen molar-refractivity contribution < 1.29 is 4.42 Å². The quantitative estimate of drug-likeness (QED) is 0.816. The molecule has 1 fully saturated rings. The summed E-state index contributed by atoms with van der Waals surface area (Å²) in [6, 6.07) is 2.95. The summed E-state index contributed by atoms with van der Waals surface area (Å²) in [5.74, 6) is 2.28. The van der Waals surface area contributed by atoms with Crippen molar-refractivity contribution in [1.29, 1.82) is 0 Å². The van der Waals surface area contributed by atoms with Gasteiger partial charge in [0.05, 0.1) is 12.6 Å². The number of rotatable bonds is 1. The molecule has 1 aromatic heterocycles. The lowest BCUT2D eigenvalue weighted by atomic mass is 9.96. The second kappa shape index (κ2) is 4.68. The van der Waals surface area contributed by atoms with Gasteiger partial charge < -0.3 is 10.2 Å². The molecule has 2 unspecified atom stereocenters. The molecule has 0 aliphatic carbocycles. The minimum atomic E-state index is 0.316. The summed E-state index contributed by atoms with van der Waals surface area (Å²) in [4.78, 5) is 4.68. The van der Waals surface area contributed by atoms with Gasteiger partial charge in [0, 0.05) is 19.1 Å². The molecule has 3 heterocycles. The van der Waals surface area contributed by atoms with Crippen molar-refractivity contribution in [1.82, 2.24) is 9.80 Å². The highest BCUT2D eigenvalue weighted by molar-refractivity contribution is 5.26. The average molecular weight is 249 g/mol. The van der Waals surface area contributed by atoms with Crippen LogP contribution in [0.1, 0.15) is 36.0 Å². The van der Waals surface area contributed by atoms with Crippen LogP contribution < -0.4 is 5.73 Å². The van der Waals surface area contributed by atoms with E-state index in [1.54, 1.807) is 0 Å². The number of likely N-dealkylation sites (N-methyl/N-ethyl adjacent to an activating group) is 1. The normalized spacial score (nSPS) is 30.4. The van der Waals surface area contributed by atoms with Gasteiger partial charge in [-0.3, -0.25) is 9.80 Å². The smallest absolute Gasteiger partial charge is 0.121 e. The van der Waals surface area contributed by atoms with Crippen LogP contribution in [0.15, 0.2) is 10.5 Å². The van der Waals surface area contributed by atoms with E-state index in [4.69, 9.17) is 10.2 Å². The molecule has 0 saturated carbocycles. The van der Waals surface area contributed by atoms with Gasteiger partial charge in [0.15, 0.2) is 0 Å². The standard InChI is InChI=1S/C14H23N3O/c1-16-5-3-10-7-13(18-14(10)9-16)12-8-11(15)4-6-17(12)2/h7,11-12H,3-6,8-9,15H2,1-2H3. The number of nitrogens with two attached hydrogens (primary N) is 1. The van der Waals surface area contributed by atoms with Crippen molar-refractivity contribution in [3.8, 4) is 0 Å². The van der Waals surface area contributed by atoms with Crippen molar-refractivity contribution in [2.24, 2.45) is 5.73 Å². The topological polar surface area (TPSA) is 45.6 Å². The zero-order valence-electron chi connectivity index (χ0n) is 11.4. The first-order valence-corrected chi connectivity index (χ1v) is 6.89. The first-order valence-electron chi connectivity index (χ1n) is 6.89. The molecule has 18 heavy (non-hydrogen) atoms. The summed E-state index contributed by atoms with van der Waals surface area (Å²) < 4.78 is 6.10. The largest absolute Gasteiger partial charge is 0.463 e. The molecule has 100 valence electrons. The highest BCUT2D eigenvalue weighted by atomic mass is 16.3. The first kappa shape index (κ1) is 12.2. The zero-order chi connectivity index (χ0) is 12.7. The van der Waals surface area contributed by atoms with Gasteiger partial charge >= 0.3 is 0 Å². The van der Waals surface area contributed by atoms with Crippen LogP contribution in [0.4, 0.5) is 0 Å². The Morgan fingerprint density at radius 3 is 3.00 bits per heavy atom. The molecule has 0 radical (unpaired) electrons. The molecule has 2 N–H and O–H groups in total. The maximum absolute atomic E-state index is 6.10. The molecule has 4 nitrogen and oxygen atoms in total. The monoisotopic (exact) mass is 249 g/mol. The van der Waals surface area contributed by atoms with Crippen LogP contribution in [0.25, 0.3) is 0 Å². The van der Waals surface area contributed by atoms with E-state index in [2.05, 4.69) is 30.0 Å². The van der Waals surface area contributed by atoms with E-state index in [1.165, 1.54) is 5.56 Å². The number of fused-ring (bicyclic) bond motifs is 1. The number of likely N-dealkylation sites (tertiary alicyclic amines) is 1. The van der Waals surface area contributed by atoms with Gasteiger partial charge in [-0.25, -0.2) is 0 Å². The van der Waals surface area contributed by atoms with Crippen LogP contribution in [0, 0.1) is 0 Å². The van der Waals surface area contributed by atoms with E-state index < -0.39 is 0 Å². The van der Waals surface area contributed by atoms with E-state index in [0.29, 0.717) is 12.1 Å². The van der Waals surface area contributed by atoms with E-state index in [0.717, 1.165) is 50.4 Å². The number of hydrogen-bond acceptors (Lipinski definition) is 4. The third kappa shape index (κ3) is 2.20. The fourth-order valence-electron chi connectivity index (χ4n) is 3.08. The van der Waals surface area contributed by atoms with Crippen LogP contribution in [0.3, 0.4) is 0 Å². The minimum Gasteiger partial charge on any atom is -0.463 e. The van der Waals surface area contributed by atoms with E-state index in [-0.39, 0.29) is 0 Å². The molecule has 0 aromatic carbocycles. The Balaban J connectivity index is 1.83. The Labute approximate surface area is 109 Å². The van der Waals surface area contributed by atoms with Crippen molar-refractivity contribution in [2.75, 3.05) is 27.2 Å². The Kier molecular flexibility index (Phi) is 3.18. The minimum absolute atomic E-state index is 0.316. The highest BCUT2D eigenvalue weighted by Crippen LogP contribution is 2.33. The Morgan fingerprint density at radius 1 is 1.33 bits per heavy atom. The molecule has 4 heteroatoms. The van der Waals surface area contributed by atoms with Crippen molar-refractivity contribution >= 4 is 0 Å². The lowest BCUT2D eigenvalue weighted by molar-refractivity contribution is 0.146. The predicted molar refractivity (Wildman–Crippen MR) is 71.3 cm³/mol. The summed E-state index contributed by atoms with van der Waals surface area (Å²) in [7, 11) is 4.32. The summed E-state index contributed by atoms with van der Waals surface area (Å²) >= 11 is 0. The lowest BCUT2D eigenvalue weighted by Crippen LogP contribution is -2.39. The van der Waals surface area contributed by atoms with Crippen molar-refractivity contribution in [2.45, 2.75) is 37.9 Å². The summed E-state index contributed by atoms with van der Waals surface area (Å²) in [6.45, 7) is 3.14. The Hall–Kier alpha value is -0.840. The van der Waals surface area contributed by atoms with E-state index in [9.17, 15) is 0 Å². The average Bonchev–Trinajstić information content (AvgIpc) is 2.74. The Bertz CT molecular complexity index is 429. The van der Waals surface area contributed by atoms with Crippen LogP contribution in [0.5, 0.6) is 0 Å². The molecule has 1 saturated heterocycles. The maximum atomic E-state index is 6.10. The summed E-state index contributed by atoms with van der Waals surface area (Å²) in [5.41, 5.74) is 7.49. The third-order valence-electron chi connectivity index (χ3n) is 4.33. The molecule has 3 rings (SSSR count). The SMILES string of the molecule is CN1CCc2cc(C3CC(N)CCN3C)oc2C1. The van der Waals surface area contributed by atoms with Crippen molar-refractivity contribution in [3.05, 3.63) is 23.2 Å². The number of hydrogen-bond donors (Lipinski definition) is 1. The molecule has 0 spiro atoms. The van der Waals surface area contributed by atoms with Crippen LogP contribution >= 0.6 is 0 Å². The Morgan fingerprint density at radius 2 is 2.17 bits per heavy atom. The van der Waals surface area contributed by atoms with Crippen LogP contribution in [-0.2, 0) is 13.0 Å². The number of furan rings is 1. The number of nitrogens with zero attached hydrogens (tertiary/aromatic N) is 2. The summed E-state index contributed by atoms with van der Waals surface area (Å²) in [5, 5.41) is 0. The first-order chi connectivity index (χ1) is 8.63. The molecular weight excluding hydrogens is 226 g/mol. The molecule has 0 amide bonds. The second-order valence-electron chi connectivity index (χ2n) is 5.87. The fraction of sp³-hybridized carbons (Fsp3) is 0.714. The van der Waals surface area contributed by atoms with Gasteiger partial charge in [-0.2, -0.15) is 0 Å². The van der Waals surface area contributed by atoms with Crippen molar-refractivity contribution in [3.63, 3.8) is 0 Å². The molecular formula is C14H23N3O. The van der Waals surface area contributed by atoms with Gasteiger partial charge in [-0.05, 0) is 45.0 Å². The second-order valence-corrected chi connectivity index (χ2v) is 5.87. The summed E-state index contributed by atoms with van der Waals surface area (Å²) in [6.07, 6.45) is 3.21. The molecule has 2 atom stereocenters. The third-order valence-corrected chi connectivity index (χ3v) is 4.33. The molecule has 2 aliphatic heterocycles. The van der Waals surface area contributed by atoms with Gasteiger partial charge in [0.2, 0.25) is 0 Å². The molecule has 1 aromatic rings. The molecule has 2 aliphatic rings. The fourth-order valence-corrected chi connectivity index (χ4v) is 3.08. The predicted octanol–water partition coefficient (Wildman–Crippen LogP) is 1.36. The zero-order valence-corrected chi connectivity index (χ0v) is 11.4. The van der Waals surface area contributed by atoms with Gasteiger partial charge in [0.25, 0.3) is 0 Å². The molecule has 0 bridgehead atoms. The van der Waals surface area contributed by atoms with Gasteiger partial charge in [-0.1, -0.05) is 0 Å². The highest BCUT2D eigenvalue weighted by Gasteiger charge is 2.29. The van der Waals surface area contributed by atoms with E-state index >= 15 is 0 Å². The number of piperidine rings is 1. The van der Waals surface area contributed by atoms with E-state index in [1.807, 2.05) is 0 Å². The van der Waals surface area contributed by atoms with Gasteiger partial charge in [-0.15, -0.1) is 0 Å². The lowest BCUT2D eigenvalue weighted by Gasteiger charge is -2.34. The van der Waals surface area contributed by atoms with Crippen LogP contribution in [-0.4, -0.2) is 43.0 Å². The van der Waals surface area contributed by atoms with Gasteiger partial charge in [0.1, 0.15) is 11.5 Å². The maximum Gasteiger partial charge on any atom is 0.121 e. The van der Waals surface area contributed by atoms with Crippen LogP contribution in [0.2, 0.25) is 0 Å².